The van der Waals surface area contributed by atoms with E-state index in [2.05, 4.69) is 29.2 Å². The van der Waals surface area contributed by atoms with Crippen molar-refractivity contribution in [2.24, 2.45) is 0 Å². The zero-order valence-corrected chi connectivity index (χ0v) is 12.1. The lowest BCUT2D eigenvalue weighted by Crippen LogP contribution is -1.99. The van der Waals surface area contributed by atoms with Gasteiger partial charge in [0.1, 0.15) is 6.26 Å². The molecule has 0 radical (unpaired) electrons. The van der Waals surface area contributed by atoms with Crippen molar-refractivity contribution >= 4 is 17.4 Å². The van der Waals surface area contributed by atoms with Crippen molar-refractivity contribution in [3.05, 3.63) is 53.2 Å². The van der Waals surface area contributed by atoms with Crippen molar-refractivity contribution in [3.8, 4) is 0 Å². The molecular formula is C16H18ClNO2. The van der Waals surface area contributed by atoms with E-state index < -0.39 is 0 Å². The summed E-state index contributed by atoms with van der Waals surface area (Å²) in [6.07, 6.45) is 7.07. The van der Waals surface area contributed by atoms with Crippen molar-refractivity contribution in [3.63, 3.8) is 0 Å². The molecule has 0 aliphatic heterocycles. The van der Waals surface area contributed by atoms with E-state index in [-0.39, 0.29) is 16.8 Å². The molecule has 0 saturated carbocycles. The number of nitrogens with zero attached hydrogens (tertiary/aromatic N) is 1. The lowest BCUT2D eigenvalue weighted by Gasteiger charge is -2.01. The predicted octanol–water partition coefficient (Wildman–Crippen LogP) is 4.70. The quantitative estimate of drug-likeness (QED) is 0.523. The summed E-state index contributed by atoms with van der Waals surface area (Å²) in [6, 6.07) is 10.5. The van der Waals surface area contributed by atoms with E-state index >= 15 is 0 Å². The molecule has 0 fully saturated rings. The van der Waals surface area contributed by atoms with Crippen LogP contribution in [0.4, 0.5) is 0 Å². The summed E-state index contributed by atoms with van der Waals surface area (Å²) >= 11 is 5.61. The zero-order valence-electron chi connectivity index (χ0n) is 11.3. The first kappa shape index (κ1) is 14.8. The van der Waals surface area contributed by atoms with Gasteiger partial charge in [0.25, 0.3) is 5.89 Å². The van der Waals surface area contributed by atoms with E-state index in [0.29, 0.717) is 6.42 Å². The molecule has 4 heteroatoms. The van der Waals surface area contributed by atoms with Crippen LogP contribution in [-0.2, 0) is 6.42 Å². The van der Waals surface area contributed by atoms with Crippen LogP contribution in [0.15, 0.2) is 41.0 Å². The number of carbonyl (C=O) groups is 1. The van der Waals surface area contributed by atoms with Crippen LogP contribution in [0.1, 0.15) is 48.4 Å². The third kappa shape index (κ3) is 4.82. The van der Waals surface area contributed by atoms with Gasteiger partial charge in [-0.15, -0.1) is 0 Å². The Bertz CT molecular complexity index is 536. The van der Waals surface area contributed by atoms with Crippen LogP contribution < -0.4 is 0 Å². The molecule has 1 aromatic carbocycles. The highest BCUT2D eigenvalue weighted by atomic mass is 35.5. The Morgan fingerprint density at radius 2 is 1.85 bits per heavy atom. The number of Topliss-reactive ketones (excluding diaryl/α,β-unsaturated/α-hetero) is 1. The van der Waals surface area contributed by atoms with Gasteiger partial charge in [-0.2, -0.15) is 4.98 Å². The van der Waals surface area contributed by atoms with Crippen molar-refractivity contribution in [1.82, 2.24) is 4.98 Å². The largest absolute Gasteiger partial charge is 0.441 e. The van der Waals surface area contributed by atoms with Crippen molar-refractivity contribution in [2.45, 2.75) is 38.5 Å². The molecule has 2 rings (SSSR count). The maximum absolute atomic E-state index is 11.7. The van der Waals surface area contributed by atoms with Crippen molar-refractivity contribution in [1.29, 1.82) is 0 Å². The fraction of sp³-hybridized carbons (Fsp3) is 0.375. The Morgan fingerprint density at radius 3 is 2.55 bits per heavy atom. The Kier molecular flexibility index (Phi) is 5.81. The molecule has 0 aliphatic carbocycles. The summed E-state index contributed by atoms with van der Waals surface area (Å²) in [5.41, 5.74) is 1.37. The number of ketones is 1. The number of unbranched alkanes of at least 4 members (excludes halogenated alkanes) is 3. The van der Waals surface area contributed by atoms with E-state index in [1.165, 1.54) is 11.8 Å². The fourth-order valence-corrected chi connectivity index (χ4v) is 2.22. The number of hydrogen-bond donors (Lipinski definition) is 0. The number of carbonyl (C=O) groups excluding carboxylic acids is 1. The standard InChI is InChI=1S/C16H18ClNO2/c17-15-12-20-16(18-15)14(19)11-7-2-1-4-8-13-9-5-3-6-10-13/h3,5-6,9-10,12H,1-2,4,7-8,11H2. The van der Waals surface area contributed by atoms with Crippen LogP contribution in [0.5, 0.6) is 0 Å². The highest BCUT2D eigenvalue weighted by Gasteiger charge is 2.11. The first-order valence-electron chi connectivity index (χ1n) is 6.94. The molecule has 0 spiro atoms. The van der Waals surface area contributed by atoms with Gasteiger partial charge >= 0.3 is 0 Å². The smallest absolute Gasteiger partial charge is 0.264 e. The zero-order chi connectivity index (χ0) is 14.2. The molecule has 3 nitrogen and oxygen atoms in total. The van der Waals surface area contributed by atoms with Gasteiger partial charge in [0, 0.05) is 6.42 Å². The van der Waals surface area contributed by atoms with Gasteiger partial charge in [0.05, 0.1) is 0 Å². The average Bonchev–Trinajstić information content (AvgIpc) is 2.90. The van der Waals surface area contributed by atoms with Gasteiger partial charge < -0.3 is 4.42 Å². The molecule has 1 aromatic heterocycles. The van der Waals surface area contributed by atoms with Crippen LogP contribution >= 0.6 is 11.6 Å². The number of aryl methyl sites for hydroxylation is 1. The maximum Gasteiger partial charge on any atom is 0.264 e. The summed E-state index contributed by atoms with van der Waals surface area (Å²) in [7, 11) is 0. The number of halogens is 1. The van der Waals surface area contributed by atoms with Crippen molar-refractivity contribution < 1.29 is 9.21 Å². The summed E-state index contributed by atoms with van der Waals surface area (Å²) in [5, 5.41) is 0.233. The molecule has 0 N–H and O–H groups in total. The first-order valence-corrected chi connectivity index (χ1v) is 7.31. The number of rotatable bonds is 8. The van der Waals surface area contributed by atoms with Crippen LogP contribution in [0.25, 0.3) is 0 Å². The average molecular weight is 292 g/mol. The second-order valence-corrected chi connectivity index (χ2v) is 5.19. The number of hydrogen-bond acceptors (Lipinski definition) is 3. The van der Waals surface area contributed by atoms with Gasteiger partial charge in [-0.3, -0.25) is 4.79 Å². The van der Waals surface area contributed by atoms with Gasteiger partial charge in [-0.25, -0.2) is 0 Å². The Labute approximate surface area is 124 Å². The third-order valence-electron chi connectivity index (χ3n) is 3.18. The second-order valence-electron chi connectivity index (χ2n) is 4.80. The van der Waals surface area contributed by atoms with E-state index in [0.717, 1.165) is 32.1 Å². The monoisotopic (exact) mass is 291 g/mol. The summed E-state index contributed by atoms with van der Waals surface area (Å²) in [6.45, 7) is 0. The topological polar surface area (TPSA) is 43.1 Å². The lowest BCUT2D eigenvalue weighted by atomic mass is 10.0. The normalized spacial score (nSPS) is 10.7. The molecule has 0 saturated heterocycles. The van der Waals surface area contributed by atoms with Crippen LogP contribution in [0.3, 0.4) is 0 Å². The summed E-state index contributed by atoms with van der Waals surface area (Å²) in [4.78, 5) is 15.5. The molecule has 106 valence electrons. The predicted molar refractivity (Wildman–Crippen MR) is 79.1 cm³/mol. The Hall–Kier alpha value is -1.61. The lowest BCUT2D eigenvalue weighted by molar-refractivity contribution is 0.0945. The van der Waals surface area contributed by atoms with Crippen LogP contribution in [0.2, 0.25) is 5.15 Å². The summed E-state index contributed by atoms with van der Waals surface area (Å²) < 4.78 is 4.97. The van der Waals surface area contributed by atoms with E-state index in [4.69, 9.17) is 16.0 Å². The first-order chi connectivity index (χ1) is 9.75. The number of aromatic nitrogens is 1. The molecule has 2 aromatic rings. The van der Waals surface area contributed by atoms with E-state index in [1.807, 2.05) is 6.07 Å². The number of oxazole rings is 1. The minimum Gasteiger partial charge on any atom is -0.441 e. The van der Waals surface area contributed by atoms with E-state index in [9.17, 15) is 4.79 Å². The highest BCUT2D eigenvalue weighted by molar-refractivity contribution is 6.29. The molecule has 20 heavy (non-hydrogen) atoms. The Morgan fingerprint density at radius 1 is 1.10 bits per heavy atom. The van der Waals surface area contributed by atoms with Gasteiger partial charge in [0.2, 0.25) is 5.78 Å². The van der Waals surface area contributed by atoms with Gasteiger partial charge in [0.15, 0.2) is 5.15 Å². The highest BCUT2D eigenvalue weighted by Crippen LogP contribution is 2.13. The molecular weight excluding hydrogens is 274 g/mol. The fourth-order valence-electron chi connectivity index (χ4n) is 2.10. The van der Waals surface area contributed by atoms with E-state index in [1.54, 1.807) is 0 Å². The van der Waals surface area contributed by atoms with Crippen LogP contribution in [-0.4, -0.2) is 10.8 Å². The molecule has 0 aliphatic rings. The second kappa shape index (κ2) is 7.85. The molecule has 1 heterocycles. The van der Waals surface area contributed by atoms with Crippen molar-refractivity contribution in [2.75, 3.05) is 0 Å². The maximum atomic E-state index is 11.7. The third-order valence-corrected chi connectivity index (χ3v) is 3.35. The summed E-state index contributed by atoms with van der Waals surface area (Å²) in [5.74, 6) is 0.0549. The molecule has 0 unspecified atom stereocenters. The molecule has 0 bridgehead atoms. The molecule has 0 amide bonds. The minimum absolute atomic E-state index is 0.0695. The van der Waals surface area contributed by atoms with Crippen LogP contribution in [0, 0.1) is 0 Å². The van der Waals surface area contributed by atoms with Gasteiger partial charge in [-0.05, 0) is 24.8 Å². The minimum atomic E-state index is -0.0695. The van der Waals surface area contributed by atoms with Gasteiger partial charge in [-0.1, -0.05) is 54.8 Å². The molecule has 0 atom stereocenters. The number of benzene rings is 1. The SMILES string of the molecule is O=C(CCCCCCc1ccccc1)c1nc(Cl)co1. The Balaban J connectivity index is 1.57.